The van der Waals surface area contributed by atoms with Gasteiger partial charge in [0.1, 0.15) is 0 Å². The summed E-state index contributed by atoms with van der Waals surface area (Å²) in [6.45, 7) is 0. The molecule has 6 heteroatoms. The molecule has 1 atom stereocenters. The SMILES string of the molecule is [N-]=[N+]=NC1CCS(=O)(=O)C1. The monoisotopic (exact) mass is 161 g/mol. The molecule has 10 heavy (non-hydrogen) atoms. The summed E-state index contributed by atoms with van der Waals surface area (Å²) in [4.78, 5) is 2.54. The summed E-state index contributed by atoms with van der Waals surface area (Å²) in [6, 6.07) is -0.324. The Hall–Kier alpha value is -0.740. The van der Waals surface area contributed by atoms with E-state index in [4.69, 9.17) is 5.53 Å². The highest BCUT2D eigenvalue weighted by atomic mass is 32.2. The number of nitrogens with zero attached hydrogens (tertiary/aromatic N) is 3. The number of sulfone groups is 1. The van der Waals surface area contributed by atoms with Crippen LogP contribution in [0.25, 0.3) is 10.4 Å². The van der Waals surface area contributed by atoms with Gasteiger partial charge < -0.3 is 0 Å². The maximum atomic E-state index is 10.7. The van der Waals surface area contributed by atoms with Crippen molar-refractivity contribution in [2.24, 2.45) is 5.11 Å². The Kier molecular flexibility index (Phi) is 1.82. The van der Waals surface area contributed by atoms with Crippen molar-refractivity contribution in [3.63, 3.8) is 0 Å². The standard InChI is InChI=1S/C4H7N3O2S/c5-7-6-4-1-2-10(8,9)3-4/h4H,1-3H2. The molecular weight excluding hydrogens is 154 g/mol. The molecule has 1 heterocycles. The molecule has 0 radical (unpaired) electrons. The van der Waals surface area contributed by atoms with E-state index in [1.807, 2.05) is 0 Å². The van der Waals surface area contributed by atoms with E-state index in [-0.39, 0.29) is 17.5 Å². The van der Waals surface area contributed by atoms with Crippen LogP contribution in [0.5, 0.6) is 0 Å². The van der Waals surface area contributed by atoms with Gasteiger partial charge in [-0.2, -0.15) is 0 Å². The second-order valence-corrected chi connectivity index (χ2v) is 4.49. The van der Waals surface area contributed by atoms with E-state index in [1.54, 1.807) is 0 Å². The van der Waals surface area contributed by atoms with Crippen molar-refractivity contribution in [1.29, 1.82) is 0 Å². The van der Waals surface area contributed by atoms with E-state index in [2.05, 4.69) is 10.0 Å². The topological polar surface area (TPSA) is 82.9 Å². The lowest BCUT2D eigenvalue weighted by atomic mass is 10.3. The lowest BCUT2D eigenvalue weighted by Gasteiger charge is -1.91. The Labute approximate surface area is 58.6 Å². The van der Waals surface area contributed by atoms with Gasteiger partial charge in [0, 0.05) is 4.91 Å². The molecule has 0 N–H and O–H groups in total. The van der Waals surface area contributed by atoms with Gasteiger partial charge in [0.05, 0.1) is 17.5 Å². The Bertz CT molecular complexity index is 264. The molecule has 0 aliphatic carbocycles. The van der Waals surface area contributed by atoms with Crippen LogP contribution in [0, 0.1) is 0 Å². The Morgan fingerprint density at radius 2 is 2.30 bits per heavy atom. The molecule has 5 nitrogen and oxygen atoms in total. The van der Waals surface area contributed by atoms with Gasteiger partial charge in [-0.3, -0.25) is 0 Å². The van der Waals surface area contributed by atoms with Crippen LogP contribution >= 0.6 is 0 Å². The van der Waals surface area contributed by atoms with Crippen LogP contribution < -0.4 is 0 Å². The molecule has 0 bridgehead atoms. The first-order valence-corrected chi connectivity index (χ1v) is 4.71. The third-order valence-corrected chi connectivity index (χ3v) is 3.17. The summed E-state index contributed by atoms with van der Waals surface area (Å²) in [6.07, 6.45) is 0.479. The van der Waals surface area contributed by atoms with E-state index >= 15 is 0 Å². The second kappa shape index (κ2) is 2.48. The summed E-state index contributed by atoms with van der Waals surface area (Å²) in [7, 11) is -2.88. The molecule has 1 aliphatic rings. The van der Waals surface area contributed by atoms with Gasteiger partial charge in [-0.1, -0.05) is 5.11 Å². The zero-order valence-corrected chi connectivity index (χ0v) is 6.08. The molecule has 1 fully saturated rings. The van der Waals surface area contributed by atoms with Crippen LogP contribution in [-0.4, -0.2) is 26.0 Å². The maximum Gasteiger partial charge on any atom is 0.150 e. The number of azide groups is 1. The van der Waals surface area contributed by atoms with Crippen molar-refractivity contribution in [1.82, 2.24) is 0 Å². The van der Waals surface area contributed by atoms with E-state index in [0.717, 1.165) is 0 Å². The van der Waals surface area contributed by atoms with Crippen molar-refractivity contribution in [2.45, 2.75) is 12.5 Å². The van der Waals surface area contributed by atoms with Crippen molar-refractivity contribution >= 4 is 9.84 Å². The van der Waals surface area contributed by atoms with Gasteiger partial charge >= 0.3 is 0 Å². The normalized spacial score (nSPS) is 29.4. The Balaban J connectivity index is 2.68. The quantitative estimate of drug-likeness (QED) is 0.318. The highest BCUT2D eigenvalue weighted by Crippen LogP contribution is 2.14. The molecule has 0 aromatic rings. The Morgan fingerprint density at radius 3 is 2.70 bits per heavy atom. The third-order valence-electron chi connectivity index (χ3n) is 1.42. The summed E-state index contributed by atoms with van der Waals surface area (Å²) >= 11 is 0. The molecular formula is C4H7N3O2S. The van der Waals surface area contributed by atoms with Gasteiger partial charge in [0.25, 0.3) is 0 Å². The number of hydrogen-bond donors (Lipinski definition) is 0. The minimum absolute atomic E-state index is 0.0249. The first-order valence-electron chi connectivity index (χ1n) is 2.89. The average Bonchev–Trinajstić information content (AvgIpc) is 2.12. The summed E-state index contributed by atoms with van der Waals surface area (Å²) in [5, 5.41) is 3.32. The van der Waals surface area contributed by atoms with Crippen molar-refractivity contribution in [2.75, 3.05) is 11.5 Å². The van der Waals surface area contributed by atoms with Gasteiger partial charge in [-0.05, 0) is 12.0 Å². The van der Waals surface area contributed by atoms with E-state index < -0.39 is 9.84 Å². The van der Waals surface area contributed by atoms with Gasteiger partial charge in [0.15, 0.2) is 9.84 Å². The van der Waals surface area contributed by atoms with Gasteiger partial charge in [-0.15, -0.1) is 0 Å². The van der Waals surface area contributed by atoms with E-state index in [0.29, 0.717) is 6.42 Å². The first kappa shape index (κ1) is 7.37. The zero-order valence-electron chi connectivity index (χ0n) is 5.27. The van der Waals surface area contributed by atoms with Crippen LogP contribution in [-0.2, 0) is 9.84 Å². The largest absolute Gasteiger partial charge is 0.229 e. The number of rotatable bonds is 1. The lowest BCUT2D eigenvalue weighted by molar-refractivity contribution is 0.601. The first-order chi connectivity index (χ1) is 4.64. The minimum atomic E-state index is -2.88. The fraction of sp³-hybridized carbons (Fsp3) is 1.00. The van der Waals surface area contributed by atoms with Crippen LogP contribution in [0.4, 0.5) is 0 Å². The molecule has 0 saturated carbocycles. The highest BCUT2D eigenvalue weighted by Gasteiger charge is 2.26. The number of hydrogen-bond acceptors (Lipinski definition) is 3. The van der Waals surface area contributed by atoms with Crippen LogP contribution in [0.15, 0.2) is 5.11 Å². The lowest BCUT2D eigenvalue weighted by Crippen LogP contribution is -2.06. The molecule has 0 aromatic carbocycles. The molecule has 0 spiro atoms. The molecule has 0 aromatic heterocycles. The van der Waals surface area contributed by atoms with E-state index in [9.17, 15) is 8.42 Å². The second-order valence-electron chi connectivity index (χ2n) is 2.26. The zero-order chi connectivity index (χ0) is 7.61. The molecule has 0 amide bonds. The summed E-state index contributed by atoms with van der Waals surface area (Å²) in [5.41, 5.74) is 7.96. The fourth-order valence-electron chi connectivity index (χ4n) is 0.939. The smallest absolute Gasteiger partial charge is 0.150 e. The van der Waals surface area contributed by atoms with Crippen LogP contribution in [0.2, 0.25) is 0 Å². The van der Waals surface area contributed by atoms with Crippen LogP contribution in [0.3, 0.4) is 0 Å². The van der Waals surface area contributed by atoms with E-state index in [1.165, 1.54) is 0 Å². The minimum Gasteiger partial charge on any atom is -0.229 e. The fourth-order valence-corrected chi connectivity index (χ4v) is 2.56. The molecule has 1 rings (SSSR count). The van der Waals surface area contributed by atoms with Crippen molar-refractivity contribution in [3.8, 4) is 0 Å². The maximum absolute atomic E-state index is 10.7. The van der Waals surface area contributed by atoms with Gasteiger partial charge in [0.2, 0.25) is 0 Å². The molecule has 1 aliphatic heterocycles. The third kappa shape index (κ3) is 1.62. The van der Waals surface area contributed by atoms with Crippen molar-refractivity contribution in [3.05, 3.63) is 10.4 Å². The molecule has 1 saturated heterocycles. The predicted molar refractivity (Wildman–Crippen MR) is 36.2 cm³/mol. The predicted octanol–water partition coefficient (Wildman–Crippen LogP) is 0.484. The molecule has 1 unspecified atom stereocenters. The highest BCUT2D eigenvalue weighted by molar-refractivity contribution is 7.91. The van der Waals surface area contributed by atoms with Crippen LogP contribution in [0.1, 0.15) is 6.42 Å². The summed E-state index contributed by atoms with van der Waals surface area (Å²) in [5.74, 6) is 0.188. The average molecular weight is 161 g/mol. The summed E-state index contributed by atoms with van der Waals surface area (Å²) < 4.78 is 21.5. The molecule has 56 valence electrons. The Morgan fingerprint density at radius 1 is 1.60 bits per heavy atom. The van der Waals surface area contributed by atoms with Crippen molar-refractivity contribution < 1.29 is 8.42 Å². The van der Waals surface area contributed by atoms with Gasteiger partial charge in [-0.25, -0.2) is 8.42 Å².